The monoisotopic (exact) mass is 308 g/mol. The Morgan fingerprint density at radius 3 is 3.06 bits per heavy atom. The maximum Gasteiger partial charge on any atom is 0.171 e. The minimum Gasteiger partial charge on any atom is -0.353 e. The molecule has 1 atom stereocenters. The number of halogens is 1. The van der Waals surface area contributed by atoms with Crippen molar-refractivity contribution in [3.8, 4) is 0 Å². The SMILES string of the molecule is CC(C)C1CCCN1c1ccn2ncc(Br)c2n1. The number of hydrogen-bond acceptors (Lipinski definition) is 3. The molecule has 2 aromatic rings. The first-order valence-corrected chi connectivity index (χ1v) is 7.22. The van der Waals surface area contributed by atoms with Crippen molar-refractivity contribution in [2.45, 2.75) is 32.7 Å². The van der Waals surface area contributed by atoms with Crippen molar-refractivity contribution in [1.29, 1.82) is 0 Å². The molecule has 1 fully saturated rings. The highest BCUT2D eigenvalue weighted by Crippen LogP contribution is 2.29. The Hall–Kier alpha value is -1.10. The first kappa shape index (κ1) is 12.0. The van der Waals surface area contributed by atoms with Crippen LogP contribution in [0.15, 0.2) is 22.9 Å². The van der Waals surface area contributed by atoms with E-state index < -0.39 is 0 Å². The van der Waals surface area contributed by atoms with Crippen molar-refractivity contribution >= 4 is 27.4 Å². The number of nitrogens with zero attached hydrogens (tertiary/aromatic N) is 4. The average molecular weight is 309 g/mol. The van der Waals surface area contributed by atoms with E-state index >= 15 is 0 Å². The van der Waals surface area contributed by atoms with E-state index in [1.165, 1.54) is 12.8 Å². The summed E-state index contributed by atoms with van der Waals surface area (Å²) in [6.45, 7) is 5.68. The summed E-state index contributed by atoms with van der Waals surface area (Å²) >= 11 is 3.49. The van der Waals surface area contributed by atoms with Gasteiger partial charge in [-0.05, 0) is 40.8 Å². The van der Waals surface area contributed by atoms with Crippen molar-refractivity contribution in [2.24, 2.45) is 5.92 Å². The third-order valence-corrected chi connectivity index (χ3v) is 4.23. The second-order valence-corrected chi connectivity index (χ2v) is 6.05. The van der Waals surface area contributed by atoms with Crippen LogP contribution in [0.25, 0.3) is 5.65 Å². The third kappa shape index (κ3) is 1.90. The van der Waals surface area contributed by atoms with Gasteiger partial charge in [-0.2, -0.15) is 5.10 Å². The Morgan fingerprint density at radius 2 is 2.28 bits per heavy atom. The number of rotatable bonds is 2. The molecule has 0 amide bonds. The molecule has 5 heteroatoms. The van der Waals surface area contributed by atoms with E-state index in [2.05, 4.69) is 45.8 Å². The number of hydrogen-bond donors (Lipinski definition) is 0. The number of aromatic nitrogens is 3. The Morgan fingerprint density at radius 1 is 1.44 bits per heavy atom. The van der Waals surface area contributed by atoms with Crippen LogP contribution in [0.4, 0.5) is 5.82 Å². The van der Waals surface area contributed by atoms with E-state index in [4.69, 9.17) is 4.98 Å². The molecule has 0 bridgehead atoms. The van der Waals surface area contributed by atoms with E-state index in [1.54, 1.807) is 10.7 Å². The molecule has 3 rings (SSSR count). The first-order chi connectivity index (χ1) is 8.66. The van der Waals surface area contributed by atoms with Gasteiger partial charge in [-0.15, -0.1) is 0 Å². The lowest BCUT2D eigenvalue weighted by Gasteiger charge is -2.28. The highest BCUT2D eigenvalue weighted by Gasteiger charge is 2.28. The van der Waals surface area contributed by atoms with Crippen LogP contribution in [0, 0.1) is 5.92 Å². The van der Waals surface area contributed by atoms with Gasteiger partial charge in [0.05, 0.1) is 10.7 Å². The summed E-state index contributed by atoms with van der Waals surface area (Å²) in [4.78, 5) is 7.16. The molecular weight excluding hydrogens is 292 g/mol. The van der Waals surface area contributed by atoms with E-state index in [0.717, 1.165) is 22.5 Å². The molecule has 96 valence electrons. The lowest BCUT2D eigenvalue weighted by atomic mass is 10.0. The number of anilines is 1. The van der Waals surface area contributed by atoms with Crippen molar-refractivity contribution in [3.63, 3.8) is 0 Å². The smallest absolute Gasteiger partial charge is 0.171 e. The van der Waals surface area contributed by atoms with Gasteiger partial charge in [0.1, 0.15) is 5.82 Å². The Bertz CT molecular complexity index is 563. The summed E-state index contributed by atoms with van der Waals surface area (Å²) in [5.41, 5.74) is 0.891. The zero-order chi connectivity index (χ0) is 12.7. The highest BCUT2D eigenvalue weighted by atomic mass is 79.9. The average Bonchev–Trinajstić information content (AvgIpc) is 2.96. The fraction of sp³-hybridized carbons (Fsp3) is 0.538. The molecule has 0 aliphatic carbocycles. The van der Waals surface area contributed by atoms with E-state index in [0.29, 0.717) is 12.0 Å². The molecule has 18 heavy (non-hydrogen) atoms. The molecule has 4 nitrogen and oxygen atoms in total. The summed E-state index contributed by atoms with van der Waals surface area (Å²) in [5, 5.41) is 4.23. The van der Waals surface area contributed by atoms with E-state index in [-0.39, 0.29) is 0 Å². The van der Waals surface area contributed by atoms with Gasteiger partial charge in [-0.3, -0.25) is 0 Å². The summed E-state index contributed by atoms with van der Waals surface area (Å²) in [5.74, 6) is 1.73. The molecule has 3 heterocycles. The fourth-order valence-corrected chi connectivity index (χ4v) is 3.12. The van der Waals surface area contributed by atoms with Crippen LogP contribution in [-0.2, 0) is 0 Å². The fourth-order valence-electron chi connectivity index (χ4n) is 2.76. The predicted octanol–water partition coefficient (Wildman–Crippen LogP) is 3.12. The van der Waals surface area contributed by atoms with Crippen LogP contribution in [0.1, 0.15) is 26.7 Å². The second kappa shape index (κ2) is 4.53. The highest BCUT2D eigenvalue weighted by molar-refractivity contribution is 9.10. The van der Waals surface area contributed by atoms with Gasteiger partial charge in [0, 0.05) is 18.8 Å². The second-order valence-electron chi connectivity index (χ2n) is 5.19. The molecular formula is C13H17BrN4. The van der Waals surface area contributed by atoms with Gasteiger partial charge in [-0.25, -0.2) is 9.50 Å². The van der Waals surface area contributed by atoms with E-state index in [1.807, 2.05) is 6.20 Å². The van der Waals surface area contributed by atoms with Crippen molar-refractivity contribution < 1.29 is 0 Å². The Labute approximate surface area is 115 Å². The first-order valence-electron chi connectivity index (χ1n) is 6.43. The van der Waals surface area contributed by atoms with Crippen LogP contribution < -0.4 is 4.90 Å². The molecule has 1 aliphatic rings. The largest absolute Gasteiger partial charge is 0.353 e. The Kier molecular flexibility index (Phi) is 3.01. The summed E-state index contributed by atoms with van der Waals surface area (Å²) < 4.78 is 2.75. The number of fused-ring (bicyclic) bond motifs is 1. The minimum atomic E-state index is 0.613. The molecule has 0 aromatic carbocycles. The standard InChI is InChI=1S/C13H17BrN4/c1-9(2)11-4-3-6-17(11)12-5-7-18-13(16-12)10(14)8-15-18/h5,7-9,11H,3-4,6H2,1-2H3. The molecule has 0 spiro atoms. The van der Waals surface area contributed by atoms with Gasteiger partial charge < -0.3 is 4.90 Å². The van der Waals surface area contributed by atoms with Crippen LogP contribution in [0.3, 0.4) is 0 Å². The molecule has 0 saturated carbocycles. The summed E-state index contributed by atoms with van der Waals surface area (Å²) in [7, 11) is 0. The van der Waals surface area contributed by atoms with Gasteiger partial charge in [-0.1, -0.05) is 13.8 Å². The van der Waals surface area contributed by atoms with Crippen molar-refractivity contribution in [2.75, 3.05) is 11.4 Å². The zero-order valence-electron chi connectivity index (χ0n) is 10.7. The third-order valence-electron chi connectivity index (χ3n) is 3.67. The predicted molar refractivity (Wildman–Crippen MR) is 75.9 cm³/mol. The summed E-state index contributed by atoms with van der Waals surface area (Å²) in [6, 6.07) is 2.68. The van der Waals surface area contributed by atoms with Crippen LogP contribution in [0.2, 0.25) is 0 Å². The van der Waals surface area contributed by atoms with E-state index in [9.17, 15) is 0 Å². The van der Waals surface area contributed by atoms with Crippen LogP contribution in [-0.4, -0.2) is 27.2 Å². The zero-order valence-corrected chi connectivity index (χ0v) is 12.3. The minimum absolute atomic E-state index is 0.613. The molecule has 1 aliphatic heterocycles. The van der Waals surface area contributed by atoms with Crippen molar-refractivity contribution in [1.82, 2.24) is 14.6 Å². The van der Waals surface area contributed by atoms with Gasteiger partial charge >= 0.3 is 0 Å². The van der Waals surface area contributed by atoms with Crippen LogP contribution in [0.5, 0.6) is 0 Å². The van der Waals surface area contributed by atoms with Gasteiger partial charge in [0.2, 0.25) is 0 Å². The lowest BCUT2D eigenvalue weighted by molar-refractivity contribution is 0.489. The topological polar surface area (TPSA) is 33.4 Å². The quantitative estimate of drug-likeness (QED) is 0.854. The normalized spacial score (nSPS) is 20.2. The summed E-state index contributed by atoms with van der Waals surface area (Å²) in [6.07, 6.45) is 6.30. The lowest BCUT2D eigenvalue weighted by Crippen LogP contribution is -2.34. The molecule has 1 unspecified atom stereocenters. The Balaban J connectivity index is 2.00. The van der Waals surface area contributed by atoms with Gasteiger partial charge in [0.25, 0.3) is 0 Å². The molecule has 0 N–H and O–H groups in total. The van der Waals surface area contributed by atoms with Gasteiger partial charge in [0.15, 0.2) is 5.65 Å². The van der Waals surface area contributed by atoms with Crippen LogP contribution >= 0.6 is 15.9 Å². The molecule has 2 aromatic heterocycles. The van der Waals surface area contributed by atoms with Crippen molar-refractivity contribution in [3.05, 3.63) is 22.9 Å². The maximum atomic E-state index is 4.73. The molecule has 0 radical (unpaired) electrons. The maximum absolute atomic E-state index is 4.73. The molecule has 1 saturated heterocycles.